The van der Waals surface area contributed by atoms with Crippen molar-refractivity contribution in [1.29, 1.82) is 0 Å². The zero-order valence-corrected chi connectivity index (χ0v) is 3.68. The van der Waals surface area contributed by atoms with Gasteiger partial charge in [-0.2, -0.15) is 0 Å². The first-order chi connectivity index (χ1) is 3.43. The summed E-state index contributed by atoms with van der Waals surface area (Å²) in [6.07, 6.45) is 6.33. The van der Waals surface area contributed by atoms with Gasteiger partial charge in [0.15, 0.2) is 0 Å². The lowest BCUT2D eigenvalue weighted by Gasteiger charge is -1.86. The lowest BCUT2D eigenvalue weighted by atomic mass is 10.6. The van der Waals surface area contributed by atoms with E-state index < -0.39 is 0 Å². The van der Waals surface area contributed by atoms with Crippen LogP contribution in [-0.2, 0) is 9.47 Å². The second-order valence-electron chi connectivity index (χ2n) is 1.06. The summed E-state index contributed by atoms with van der Waals surface area (Å²) in [5.41, 5.74) is 0. The SMILES string of the molecule is C#CC1=COCO1. The van der Waals surface area contributed by atoms with Crippen LogP contribution in [0, 0.1) is 12.3 Å². The van der Waals surface area contributed by atoms with Crippen LogP contribution in [0.2, 0.25) is 0 Å². The van der Waals surface area contributed by atoms with E-state index in [0.29, 0.717) is 5.76 Å². The summed E-state index contributed by atoms with van der Waals surface area (Å²) in [6.45, 7) is 0.263. The zero-order chi connectivity index (χ0) is 5.11. The molecule has 0 aromatic heterocycles. The molecule has 0 amide bonds. The van der Waals surface area contributed by atoms with Gasteiger partial charge in [-0.1, -0.05) is 0 Å². The van der Waals surface area contributed by atoms with Crippen molar-refractivity contribution in [3.63, 3.8) is 0 Å². The molecule has 1 heterocycles. The maximum Gasteiger partial charge on any atom is 0.231 e. The highest BCUT2D eigenvalue weighted by atomic mass is 16.7. The highest BCUT2D eigenvalue weighted by Crippen LogP contribution is 2.02. The molecule has 0 unspecified atom stereocenters. The zero-order valence-electron chi connectivity index (χ0n) is 3.68. The monoisotopic (exact) mass is 96.0 g/mol. The van der Waals surface area contributed by atoms with Crippen LogP contribution < -0.4 is 0 Å². The van der Waals surface area contributed by atoms with Gasteiger partial charge in [-0.25, -0.2) is 0 Å². The van der Waals surface area contributed by atoms with E-state index in [9.17, 15) is 0 Å². The summed E-state index contributed by atoms with van der Waals surface area (Å²) in [4.78, 5) is 0. The smallest absolute Gasteiger partial charge is 0.231 e. The second-order valence-corrected chi connectivity index (χ2v) is 1.06. The van der Waals surface area contributed by atoms with Crippen molar-refractivity contribution >= 4 is 0 Å². The predicted octanol–water partition coefficient (Wildman–Crippen LogP) is 0.465. The van der Waals surface area contributed by atoms with Crippen LogP contribution >= 0.6 is 0 Å². The van der Waals surface area contributed by atoms with Gasteiger partial charge in [-0.3, -0.25) is 0 Å². The van der Waals surface area contributed by atoms with Crippen molar-refractivity contribution in [3.8, 4) is 12.3 Å². The van der Waals surface area contributed by atoms with Gasteiger partial charge in [-0.15, -0.1) is 6.42 Å². The van der Waals surface area contributed by atoms with Gasteiger partial charge in [-0.05, 0) is 5.92 Å². The lowest BCUT2D eigenvalue weighted by Crippen LogP contribution is -1.80. The normalized spacial score (nSPS) is 16.1. The summed E-state index contributed by atoms with van der Waals surface area (Å²) in [7, 11) is 0. The molecule has 2 nitrogen and oxygen atoms in total. The number of ether oxygens (including phenoxy) is 2. The van der Waals surface area contributed by atoms with Crippen LogP contribution in [0.25, 0.3) is 0 Å². The van der Waals surface area contributed by atoms with Crippen LogP contribution in [0.5, 0.6) is 0 Å². The molecule has 0 spiro atoms. The standard InChI is InChI=1S/C5H4O2/c1-2-5-3-6-4-7-5/h1,3H,4H2. The average molecular weight is 96.1 g/mol. The van der Waals surface area contributed by atoms with Gasteiger partial charge >= 0.3 is 0 Å². The number of hydrogen-bond donors (Lipinski definition) is 0. The Morgan fingerprint density at radius 3 is 3.00 bits per heavy atom. The average Bonchev–Trinajstić information content (AvgIpc) is 2.14. The molecule has 0 saturated heterocycles. The molecule has 0 radical (unpaired) electrons. The molecule has 1 rings (SSSR count). The van der Waals surface area contributed by atoms with E-state index in [1.54, 1.807) is 0 Å². The first-order valence-corrected chi connectivity index (χ1v) is 1.84. The molecule has 1 aliphatic heterocycles. The summed E-state index contributed by atoms with van der Waals surface area (Å²) in [5.74, 6) is 2.75. The van der Waals surface area contributed by atoms with Crippen molar-refractivity contribution in [2.45, 2.75) is 0 Å². The van der Waals surface area contributed by atoms with Crippen LogP contribution in [-0.4, -0.2) is 6.79 Å². The first kappa shape index (κ1) is 4.07. The summed E-state index contributed by atoms with van der Waals surface area (Å²) < 4.78 is 9.33. The highest BCUT2D eigenvalue weighted by Gasteiger charge is 1.98. The van der Waals surface area contributed by atoms with Gasteiger partial charge in [0.05, 0.1) is 0 Å². The second kappa shape index (κ2) is 1.57. The van der Waals surface area contributed by atoms with Crippen LogP contribution in [0.4, 0.5) is 0 Å². The van der Waals surface area contributed by atoms with Crippen molar-refractivity contribution in [2.24, 2.45) is 0 Å². The minimum atomic E-state index is 0.263. The molecule has 0 atom stereocenters. The van der Waals surface area contributed by atoms with Crippen molar-refractivity contribution < 1.29 is 9.47 Å². The number of rotatable bonds is 0. The van der Waals surface area contributed by atoms with Crippen LogP contribution in [0.1, 0.15) is 0 Å². The van der Waals surface area contributed by atoms with Gasteiger partial charge < -0.3 is 9.47 Å². The van der Waals surface area contributed by atoms with Crippen molar-refractivity contribution in [1.82, 2.24) is 0 Å². The molecule has 0 aliphatic carbocycles. The fraction of sp³-hybridized carbons (Fsp3) is 0.200. The molecule has 0 aromatic rings. The fourth-order valence-electron chi connectivity index (χ4n) is 0.317. The summed E-state index contributed by atoms with van der Waals surface area (Å²) >= 11 is 0. The van der Waals surface area contributed by atoms with Crippen molar-refractivity contribution in [2.75, 3.05) is 6.79 Å². The van der Waals surface area contributed by atoms with Crippen LogP contribution in [0.3, 0.4) is 0 Å². The third-order valence-electron chi connectivity index (χ3n) is 0.615. The van der Waals surface area contributed by atoms with Crippen LogP contribution in [0.15, 0.2) is 12.0 Å². The minimum Gasteiger partial charge on any atom is -0.460 e. The maximum atomic E-state index is 4.91. The largest absolute Gasteiger partial charge is 0.460 e. The van der Waals surface area contributed by atoms with E-state index in [4.69, 9.17) is 11.2 Å². The van der Waals surface area contributed by atoms with Gasteiger partial charge in [0.1, 0.15) is 6.26 Å². The highest BCUT2D eigenvalue weighted by molar-refractivity contribution is 5.17. The molecule has 2 heteroatoms. The Hall–Kier alpha value is -1.10. The third kappa shape index (κ3) is 0.660. The summed E-state index contributed by atoms with van der Waals surface area (Å²) in [6, 6.07) is 0. The van der Waals surface area contributed by atoms with E-state index in [2.05, 4.69) is 10.7 Å². The topological polar surface area (TPSA) is 18.5 Å². The van der Waals surface area contributed by atoms with Gasteiger partial charge in [0.25, 0.3) is 0 Å². The molecule has 1 aliphatic rings. The Balaban J connectivity index is 2.57. The Labute approximate surface area is 41.7 Å². The predicted molar refractivity (Wildman–Crippen MR) is 24.0 cm³/mol. The maximum absolute atomic E-state index is 4.91. The minimum absolute atomic E-state index is 0.263. The molecule has 0 aromatic carbocycles. The fourth-order valence-corrected chi connectivity index (χ4v) is 0.317. The van der Waals surface area contributed by atoms with Gasteiger partial charge in [0.2, 0.25) is 12.6 Å². The Morgan fingerprint density at radius 2 is 2.71 bits per heavy atom. The number of hydrogen-bond acceptors (Lipinski definition) is 2. The van der Waals surface area contributed by atoms with Gasteiger partial charge in [0, 0.05) is 0 Å². The van der Waals surface area contributed by atoms with E-state index in [1.165, 1.54) is 6.26 Å². The molecular formula is C5H4O2. The molecule has 0 bridgehead atoms. The Bertz CT molecular complexity index is 130. The van der Waals surface area contributed by atoms with E-state index >= 15 is 0 Å². The Kier molecular flexibility index (Phi) is 0.910. The number of allylic oxidation sites excluding steroid dienone is 1. The molecule has 0 saturated carbocycles. The third-order valence-corrected chi connectivity index (χ3v) is 0.615. The Morgan fingerprint density at radius 1 is 1.86 bits per heavy atom. The summed E-state index contributed by atoms with van der Waals surface area (Å²) in [5, 5.41) is 0. The van der Waals surface area contributed by atoms with Crippen molar-refractivity contribution in [3.05, 3.63) is 12.0 Å². The molecular weight excluding hydrogens is 92.1 g/mol. The molecule has 0 N–H and O–H groups in total. The molecule has 7 heavy (non-hydrogen) atoms. The first-order valence-electron chi connectivity index (χ1n) is 1.84. The number of terminal acetylenes is 1. The lowest BCUT2D eigenvalue weighted by molar-refractivity contribution is 0.0855. The van der Waals surface area contributed by atoms with E-state index in [1.807, 2.05) is 0 Å². The molecule has 36 valence electrons. The quantitative estimate of drug-likeness (QED) is 0.408. The van der Waals surface area contributed by atoms with E-state index in [0.717, 1.165) is 0 Å². The molecule has 0 fully saturated rings. The van der Waals surface area contributed by atoms with E-state index in [-0.39, 0.29) is 6.79 Å².